The van der Waals surface area contributed by atoms with Crippen LogP contribution in [0.3, 0.4) is 0 Å². The predicted octanol–water partition coefficient (Wildman–Crippen LogP) is 1.54. The molecule has 154 valence electrons. The Morgan fingerprint density at radius 3 is 1.90 bits per heavy atom. The average molecular weight is 406 g/mol. The molecule has 10 nitrogen and oxygen atoms in total. The summed E-state index contributed by atoms with van der Waals surface area (Å²) in [5.41, 5.74) is 0. The van der Waals surface area contributed by atoms with Crippen LogP contribution in [0.2, 0.25) is 0 Å². The zero-order valence-corrected chi connectivity index (χ0v) is 15.2. The van der Waals surface area contributed by atoms with E-state index in [2.05, 4.69) is 0 Å². The number of benzene rings is 2. The van der Waals surface area contributed by atoms with Gasteiger partial charge in [-0.25, -0.2) is 9.59 Å². The summed E-state index contributed by atoms with van der Waals surface area (Å²) in [5, 5.41) is 26.5. The number of carboxylic acids is 2. The molecule has 3 N–H and O–H groups in total. The number of hydrogen-bond donors (Lipinski definition) is 3. The molecule has 2 unspecified atom stereocenters. The first kappa shape index (κ1) is 19.9. The molecule has 29 heavy (non-hydrogen) atoms. The molecule has 4 rings (SSSR count). The molecule has 0 aromatic heterocycles. The van der Waals surface area contributed by atoms with Gasteiger partial charge in [0.1, 0.15) is 24.7 Å². The number of aliphatic carboxylic acids is 2. The zero-order chi connectivity index (χ0) is 21.0. The van der Waals surface area contributed by atoms with Crippen molar-refractivity contribution in [1.82, 2.24) is 0 Å². The second kappa shape index (κ2) is 8.46. The van der Waals surface area contributed by atoms with Crippen molar-refractivity contribution in [3.05, 3.63) is 36.4 Å². The maximum absolute atomic E-state index is 10.7. The fourth-order valence-corrected chi connectivity index (χ4v) is 2.48. The minimum atomic E-state index is -1.08. The summed E-state index contributed by atoms with van der Waals surface area (Å²) < 4.78 is 25.7. The van der Waals surface area contributed by atoms with E-state index in [1.165, 1.54) is 25.3 Å². The van der Waals surface area contributed by atoms with Gasteiger partial charge in [0, 0.05) is 12.1 Å². The summed E-state index contributed by atoms with van der Waals surface area (Å²) in [6, 6.07) is 9.32. The molecule has 0 aliphatic carbocycles. The monoisotopic (exact) mass is 406 g/mol. The van der Waals surface area contributed by atoms with Gasteiger partial charge in [0.25, 0.3) is 0 Å². The van der Waals surface area contributed by atoms with Crippen molar-refractivity contribution in [3.8, 4) is 34.5 Å². The van der Waals surface area contributed by atoms with Crippen LogP contribution in [-0.4, -0.2) is 59.8 Å². The number of carboxylic acid groups (broad SMARTS) is 2. The lowest BCUT2D eigenvalue weighted by Crippen LogP contribution is -2.36. The molecule has 2 aromatic carbocycles. The van der Waals surface area contributed by atoms with Crippen LogP contribution in [0, 0.1) is 0 Å². The van der Waals surface area contributed by atoms with Gasteiger partial charge in [-0.1, -0.05) is 0 Å². The van der Waals surface area contributed by atoms with Gasteiger partial charge in [0.15, 0.2) is 23.0 Å². The van der Waals surface area contributed by atoms with E-state index in [1.54, 1.807) is 18.2 Å². The SMILES string of the molecule is COc1ccc2c(c1)OC(C(=O)O)CO2.O=C(O)C1COc2ccc(O)cc2O1. The number of hydrogen-bond acceptors (Lipinski definition) is 8. The van der Waals surface area contributed by atoms with Gasteiger partial charge in [0.2, 0.25) is 12.2 Å². The summed E-state index contributed by atoms with van der Waals surface area (Å²) in [5.74, 6) is 0.120. The van der Waals surface area contributed by atoms with E-state index >= 15 is 0 Å². The first-order valence-electron chi connectivity index (χ1n) is 8.43. The van der Waals surface area contributed by atoms with Crippen LogP contribution in [0.25, 0.3) is 0 Å². The van der Waals surface area contributed by atoms with Crippen molar-refractivity contribution in [2.75, 3.05) is 20.3 Å². The van der Waals surface area contributed by atoms with Gasteiger partial charge in [-0.3, -0.25) is 0 Å². The second-order valence-electron chi connectivity index (χ2n) is 5.96. The van der Waals surface area contributed by atoms with Gasteiger partial charge in [-0.05, 0) is 24.3 Å². The quantitative estimate of drug-likeness (QED) is 0.687. The smallest absolute Gasteiger partial charge is 0.348 e. The number of rotatable bonds is 3. The average Bonchev–Trinajstić information content (AvgIpc) is 2.72. The number of phenolic OH excluding ortho intramolecular Hbond substituents is 1. The topological polar surface area (TPSA) is 141 Å². The third-order valence-corrected chi connectivity index (χ3v) is 3.95. The minimum absolute atomic E-state index is 0.0124. The molecule has 2 aromatic rings. The Morgan fingerprint density at radius 2 is 1.38 bits per heavy atom. The van der Waals surface area contributed by atoms with Crippen LogP contribution in [-0.2, 0) is 9.59 Å². The Balaban J connectivity index is 0.000000166. The highest BCUT2D eigenvalue weighted by Gasteiger charge is 2.28. The van der Waals surface area contributed by atoms with Crippen molar-refractivity contribution in [2.45, 2.75) is 12.2 Å². The standard InChI is InChI=1S/C10H10O5.C9H8O5/c1-13-6-2-3-7-8(4-6)15-9(5-14-7)10(11)12;10-5-1-2-6-7(3-5)14-8(4-13-6)9(11)12/h2-4,9H,5H2,1H3,(H,11,12);1-3,8,10H,4H2,(H,11,12). The summed E-state index contributed by atoms with van der Waals surface area (Å²) in [6.07, 6.45) is -1.96. The molecule has 0 radical (unpaired) electrons. The molecule has 2 aliphatic heterocycles. The Labute approximate surface area is 164 Å². The normalized spacial score (nSPS) is 18.7. The lowest BCUT2D eigenvalue weighted by Gasteiger charge is -2.23. The molecular weight excluding hydrogens is 388 g/mol. The van der Waals surface area contributed by atoms with Crippen molar-refractivity contribution >= 4 is 11.9 Å². The molecule has 0 saturated carbocycles. The van der Waals surface area contributed by atoms with E-state index in [0.717, 1.165) is 0 Å². The molecule has 0 fully saturated rings. The van der Waals surface area contributed by atoms with Gasteiger partial charge < -0.3 is 39.0 Å². The van der Waals surface area contributed by atoms with Crippen LogP contribution in [0.15, 0.2) is 36.4 Å². The Hall–Kier alpha value is -3.82. The second-order valence-corrected chi connectivity index (χ2v) is 5.96. The number of phenols is 1. The summed E-state index contributed by atoms with van der Waals surface area (Å²) in [7, 11) is 1.53. The van der Waals surface area contributed by atoms with E-state index < -0.39 is 24.1 Å². The van der Waals surface area contributed by atoms with E-state index in [4.69, 9.17) is 39.0 Å². The van der Waals surface area contributed by atoms with E-state index in [1.807, 2.05) is 0 Å². The van der Waals surface area contributed by atoms with Gasteiger partial charge >= 0.3 is 11.9 Å². The van der Waals surface area contributed by atoms with Crippen LogP contribution in [0.1, 0.15) is 0 Å². The molecule has 0 saturated heterocycles. The van der Waals surface area contributed by atoms with Crippen LogP contribution < -0.4 is 23.7 Å². The van der Waals surface area contributed by atoms with E-state index in [-0.39, 0.29) is 24.7 Å². The highest BCUT2D eigenvalue weighted by atomic mass is 16.6. The summed E-state index contributed by atoms with van der Waals surface area (Å²) in [4.78, 5) is 21.3. The van der Waals surface area contributed by atoms with Crippen molar-refractivity contribution in [1.29, 1.82) is 0 Å². The zero-order valence-electron chi connectivity index (χ0n) is 15.2. The Bertz CT molecular complexity index is 910. The fourth-order valence-electron chi connectivity index (χ4n) is 2.48. The van der Waals surface area contributed by atoms with Crippen LogP contribution >= 0.6 is 0 Å². The van der Waals surface area contributed by atoms with Gasteiger partial charge in [0.05, 0.1) is 7.11 Å². The van der Waals surface area contributed by atoms with Crippen LogP contribution in [0.5, 0.6) is 34.5 Å². The fraction of sp³-hybridized carbons (Fsp3) is 0.263. The van der Waals surface area contributed by atoms with Crippen LogP contribution in [0.4, 0.5) is 0 Å². The number of fused-ring (bicyclic) bond motifs is 2. The maximum Gasteiger partial charge on any atom is 0.348 e. The third-order valence-electron chi connectivity index (χ3n) is 3.95. The maximum atomic E-state index is 10.7. The molecule has 2 atom stereocenters. The highest BCUT2D eigenvalue weighted by Crippen LogP contribution is 2.35. The van der Waals surface area contributed by atoms with Crippen molar-refractivity contribution in [2.24, 2.45) is 0 Å². The number of carbonyl (C=O) groups is 2. The van der Waals surface area contributed by atoms with Crippen molar-refractivity contribution in [3.63, 3.8) is 0 Å². The Kier molecular flexibility index (Phi) is 5.82. The summed E-state index contributed by atoms with van der Waals surface area (Å²) in [6.45, 7) is 0.00176. The first-order valence-corrected chi connectivity index (χ1v) is 8.43. The van der Waals surface area contributed by atoms with E-state index in [0.29, 0.717) is 23.0 Å². The number of methoxy groups -OCH3 is 1. The first-order chi connectivity index (χ1) is 13.9. The molecule has 2 aliphatic rings. The molecule has 0 amide bonds. The van der Waals surface area contributed by atoms with Gasteiger partial charge in [-0.15, -0.1) is 0 Å². The Morgan fingerprint density at radius 1 is 0.862 bits per heavy atom. The number of aromatic hydroxyl groups is 1. The largest absolute Gasteiger partial charge is 0.508 e. The molecule has 0 bridgehead atoms. The third kappa shape index (κ3) is 4.72. The van der Waals surface area contributed by atoms with Gasteiger partial charge in [-0.2, -0.15) is 0 Å². The lowest BCUT2D eigenvalue weighted by atomic mass is 10.2. The minimum Gasteiger partial charge on any atom is -0.508 e. The number of ether oxygens (including phenoxy) is 5. The predicted molar refractivity (Wildman–Crippen MR) is 96.2 cm³/mol. The molecule has 0 spiro atoms. The van der Waals surface area contributed by atoms with E-state index in [9.17, 15) is 9.59 Å². The lowest BCUT2D eigenvalue weighted by molar-refractivity contribution is -0.148. The van der Waals surface area contributed by atoms with Crippen molar-refractivity contribution < 1.29 is 48.6 Å². The molecule has 10 heteroatoms. The highest BCUT2D eigenvalue weighted by molar-refractivity contribution is 5.74. The summed E-state index contributed by atoms with van der Waals surface area (Å²) >= 11 is 0. The molecular formula is C19H18O10. The molecule has 2 heterocycles.